The Labute approximate surface area is 200 Å². The highest BCUT2D eigenvalue weighted by Crippen LogP contribution is 2.38. The molecule has 0 spiro atoms. The molecular weight excluding hydrogens is 451 g/mol. The molecule has 2 aromatic heterocycles. The predicted octanol–water partition coefficient (Wildman–Crippen LogP) is 4.56. The number of rotatable bonds is 7. The van der Waals surface area contributed by atoms with Crippen LogP contribution < -0.4 is 20.5 Å². The van der Waals surface area contributed by atoms with Crippen LogP contribution in [0, 0.1) is 12.7 Å². The highest BCUT2D eigenvalue weighted by molar-refractivity contribution is 5.99. The summed E-state index contributed by atoms with van der Waals surface area (Å²) in [7, 11) is 1.49. The highest BCUT2D eigenvalue weighted by Gasteiger charge is 2.18. The summed E-state index contributed by atoms with van der Waals surface area (Å²) in [6.45, 7) is 5.22. The van der Waals surface area contributed by atoms with Gasteiger partial charge in [0.2, 0.25) is 11.9 Å². The number of ether oxygens (including phenoxy) is 2. The van der Waals surface area contributed by atoms with Gasteiger partial charge in [-0.15, -0.1) is 0 Å². The van der Waals surface area contributed by atoms with Crippen LogP contribution in [0.3, 0.4) is 0 Å². The first-order chi connectivity index (χ1) is 16.9. The molecule has 4 rings (SSSR count). The predicted molar refractivity (Wildman–Crippen MR) is 129 cm³/mol. The van der Waals surface area contributed by atoms with E-state index in [9.17, 15) is 9.18 Å². The van der Waals surface area contributed by atoms with Crippen LogP contribution in [0.4, 0.5) is 16.0 Å². The molecule has 0 aliphatic rings. The average molecular weight is 472 g/mol. The van der Waals surface area contributed by atoms with Gasteiger partial charge >= 0.3 is 6.01 Å². The average Bonchev–Trinajstić information content (AvgIpc) is 2.85. The first-order valence-electron chi connectivity index (χ1n) is 10.4. The van der Waals surface area contributed by atoms with Crippen molar-refractivity contribution in [1.29, 1.82) is 0 Å². The zero-order chi connectivity index (χ0) is 24.9. The molecule has 10 heteroatoms. The van der Waals surface area contributed by atoms with E-state index in [1.165, 1.54) is 31.6 Å². The second-order valence-corrected chi connectivity index (χ2v) is 7.33. The van der Waals surface area contributed by atoms with Crippen molar-refractivity contribution in [1.82, 2.24) is 19.9 Å². The Morgan fingerprint density at radius 3 is 2.63 bits per heavy atom. The summed E-state index contributed by atoms with van der Waals surface area (Å²) in [6.07, 6.45) is 4.20. The molecule has 0 aliphatic carbocycles. The molecule has 0 unspecified atom stereocenters. The van der Waals surface area contributed by atoms with Gasteiger partial charge in [0.05, 0.1) is 12.8 Å². The normalized spacial score (nSPS) is 10.5. The summed E-state index contributed by atoms with van der Waals surface area (Å²) in [6, 6.07) is 11.2. The van der Waals surface area contributed by atoms with E-state index < -0.39 is 5.82 Å². The van der Waals surface area contributed by atoms with Gasteiger partial charge in [0.1, 0.15) is 5.75 Å². The molecule has 2 aromatic carbocycles. The summed E-state index contributed by atoms with van der Waals surface area (Å²) in [4.78, 5) is 28.2. The fourth-order valence-corrected chi connectivity index (χ4v) is 3.29. The van der Waals surface area contributed by atoms with Crippen molar-refractivity contribution < 1.29 is 18.7 Å². The van der Waals surface area contributed by atoms with Gasteiger partial charge in [-0.05, 0) is 48.9 Å². The number of nitrogens with two attached hydrogens (primary N) is 1. The Kier molecular flexibility index (Phi) is 6.63. The molecule has 0 radical (unpaired) electrons. The Hall–Kier alpha value is -4.86. The monoisotopic (exact) mass is 472 g/mol. The lowest BCUT2D eigenvalue weighted by atomic mass is 9.99. The van der Waals surface area contributed by atoms with Crippen LogP contribution in [0.5, 0.6) is 17.5 Å². The Morgan fingerprint density at radius 1 is 1.09 bits per heavy atom. The fraction of sp³-hybridized carbons (Fsp3) is 0.0800. The number of methoxy groups -OCH3 is 1. The number of halogens is 1. The van der Waals surface area contributed by atoms with Crippen LogP contribution in [-0.4, -0.2) is 33.0 Å². The molecule has 9 nitrogen and oxygen atoms in total. The lowest BCUT2D eigenvalue weighted by molar-refractivity contribution is -0.111. The van der Waals surface area contributed by atoms with Crippen molar-refractivity contribution in [2.45, 2.75) is 6.92 Å². The number of hydrogen-bond acceptors (Lipinski definition) is 8. The van der Waals surface area contributed by atoms with Crippen LogP contribution in [0.25, 0.3) is 22.4 Å². The maximum Gasteiger partial charge on any atom is 0.322 e. The minimum absolute atomic E-state index is 0.0304. The third-order valence-corrected chi connectivity index (χ3v) is 4.93. The van der Waals surface area contributed by atoms with Crippen molar-refractivity contribution in [2.75, 3.05) is 18.2 Å². The molecule has 0 bridgehead atoms. The molecule has 3 N–H and O–H groups in total. The molecule has 2 heterocycles. The van der Waals surface area contributed by atoms with Gasteiger partial charge in [0.15, 0.2) is 11.6 Å². The number of nitrogens with zero attached hydrogens (tertiary/aromatic N) is 4. The number of benzene rings is 2. The third-order valence-electron chi connectivity index (χ3n) is 4.93. The summed E-state index contributed by atoms with van der Waals surface area (Å²) in [5, 5.41) is 2.67. The summed E-state index contributed by atoms with van der Waals surface area (Å²) >= 11 is 0. The zero-order valence-corrected chi connectivity index (χ0v) is 18.9. The van der Waals surface area contributed by atoms with Crippen LogP contribution in [0.2, 0.25) is 0 Å². The fourth-order valence-electron chi connectivity index (χ4n) is 3.29. The smallest absolute Gasteiger partial charge is 0.322 e. The number of nitrogen functional groups attached to an aromatic ring is 1. The quantitative estimate of drug-likeness (QED) is 0.375. The number of carbonyl (C=O) groups is 1. The lowest BCUT2D eigenvalue weighted by Gasteiger charge is -2.15. The maximum atomic E-state index is 15.0. The number of carbonyl (C=O) groups excluding carboxylic acids is 1. The highest BCUT2D eigenvalue weighted by atomic mass is 19.1. The number of nitrogens with one attached hydrogen (secondary N) is 1. The van der Waals surface area contributed by atoms with E-state index in [2.05, 4.69) is 31.8 Å². The zero-order valence-electron chi connectivity index (χ0n) is 18.9. The van der Waals surface area contributed by atoms with Gasteiger partial charge < -0.3 is 20.5 Å². The molecule has 35 heavy (non-hydrogen) atoms. The second-order valence-electron chi connectivity index (χ2n) is 7.33. The Bertz CT molecular complexity index is 1430. The molecular formula is C25H21FN6O3. The van der Waals surface area contributed by atoms with Crippen molar-refractivity contribution >= 4 is 17.5 Å². The molecule has 4 aromatic rings. The van der Waals surface area contributed by atoms with Crippen LogP contribution in [0.15, 0.2) is 67.5 Å². The number of amides is 1. The van der Waals surface area contributed by atoms with Crippen LogP contribution >= 0.6 is 0 Å². The summed E-state index contributed by atoms with van der Waals surface area (Å²) < 4.78 is 26.0. The van der Waals surface area contributed by atoms with E-state index in [0.717, 1.165) is 6.08 Å². The van der Waals surface area contributed by atoms with Gasteiger partial charge in [-0.1, -0.05) is 12.6 Å². The Balaban J connectivity index is 1.73. The van der Waals surface area contributed by atoms with E-state index in [1.807, 2.05) is 0 Å². The van der Waals surface area contributed by atoms with Gasteiger partial charge in [-0.25, -0.2) is 24.3 Å². The van der Waals surface area contributed by atoms with Crippen LogP contribution in [-0.2, 0) is 4.79 Å². The molecule has 0 fully saturated rings. The first kappa shape index (κ1) is 23.3. The lowest BCUT2D eigenvalue weighted by Crippen LogP contribution is -2.07. The molecule has 0 atom stereocenters. The van der Waals surface area contributed by atoms with Crippen molar-refractivity contribution in [3.63, 3.8) is 0 Å². The number of aromatic nitrogens is 4. The number of hydrogen-bond donors (Lipinski definition) is 2. The number of anilines is 2. The van der Waals surface area contributed by atoms with E-state index >= 15 is 0 Å². The van der Waals surface area contributed by atoms with E-state index in [1.54, 1.807) is 37.3 Å². The summed E-state index contributed by atoms with van der Waals surface area (Å²) in [5.74, 6) is -0.558. The van der Waals surface area contributed by atoms with Gasteiger partial charge in [-0.3, -0.25) is 4.79 Å². The van der Waals surface area contributed by atoms with E-state index in [4.69, 9.17) is 15.2 Å². The SMILES string of the molecule is C=CC(=O)Nc1ccc(-c2nc(N)ncc2-c2ccc(Oc3nccc(C)n3)c(F)c2)c(OC)c1. The van der Waals surface area contributed by atoms with Crippen molar-refractivity contribution in [3.05, 3.63) is 79.0 Å². The molecule has 1 amide bonds. The van der Waals surface area contributed by atoms with E-state index in [-0.39, 0.29) is 23.6 Å². The standard InChI is InChI=1S/C25H21FN6O3/c1-4-22(33)31-16-6-7-17(21(12-16)34-3)23-18(13-29-24(27)32-23)15-5-8-20(19(26)11-15)35-25-28-10-9-14(2)30-25/h4-13H,1H2,2-3H3,(H,31,33)(H2,27,29,32). The molecule has 176 valence electrons. The van der Waals surface area contributed by atoms with E-state index in [0.29, 0.717) is 39.5 Å². The molecule has 0 aliphatic heterocycles. The Morgan fingerprint density at radius 2 is 1.91 bits per heavy atom. The van der Waals surface area contributed by atoms with Gasteiger partial charge in [0.25, 0.3) is 0 Å². The largest absolute Gasteiger partial charge is 0.496 e. The minimum Gasteiger partial charge on any atom is -0.496 e. The van der Waals surface area contributed by atoms with Crippen molar-refractivity contribution in [2.24, 2.45) is 0 Å². The van der Waals surface area contributed by atoms with Gasteiger partial charge in [-0.2, -0.15) is 0 Å². The second kappa shape index (κ2) is 9.96. The third kappa shape index (κ3) is 5.22. The molecule has 0 saturated heterocycles. The van der Waals surface area contributed by atoms with Gasteiger partial charge in [0, 0.05) is 41.0 Å². The van der Waals surface area contributed by atoms with Crippen molar-refractivity contribution in [3.8, 4) is 39.9 Å². The molecule has 0 saturated carbocycles. The first-order valence-corrected chi connectivity index (χ1v) is 10.4. The summed E-state index contributed by atoms with van der Waals surface area (Å²) in [5.41, 5.74) is 9.05. The minimum atomic E-state index is -0.621. The maximum absolute atomic E-state index is 15.0. The topological polar surface area (TPSA) is 125 Å². The van der Waals surface area contributed by atoms with Crippen LogP contribution in [0.1, 0.15) is 5.69 Å². The number of aryl methyl sites for hydroxylation is 1.